The zero-order chi connectivity index (χ0) is 15.2. The first-order chi connectivity index (χ1) is 9.76. The van der Waals surface area contributed by atoms with E-state index in [0.29, 0.717) is 0 Å². The van der Waals surface area contributed by atoms with Crippen molar-refractivity contribution >= 4 is 0 Å². The van der Waals surface area contributed by atoms with Crippen LogP contribution in [0.5, 0.6) is 5.88 Å². The van der Waals surface area contributed by atoms with Gasteiger partial charge in [0.15, 0.2) is 0 Å². The molecule has 0 unspecified atom stereocenters. The lowest BCUT2D eigenvalue weighted by atomic mass is 10.2. The second-order valence-electron chi connectivity index (χ2n) is 4.61. The Morgan fingerprint density at radius 3 is 2.33 bits per heavy atom. The first-order valence-corrected chi connectivity index (χ1v) is 8.04. The first-order valence-electron chi connectivity index (χ1n) is 8.04. The van der Waals surface area contributed by atoms with Gasteiger partial charge in [-0.3, -0.25) is 0 Å². The number of halogens is 1. The van der Waals surface area contributed by atoms with Crippen molar-refractivity contribution in [1.82, 2.24) is 9.88 Å². The van der Waals surface area contributed by atoms with Crippen LogP contribution in [0, 0.1) is 6.92 Å². The fourth-order valence-electron chi connectivity index (χ4n) is 1.92. The van der Waals surface area contributed by atoms with Crippen LogP contribution in [0.2, 0.25) is 0 Å². The Balaban J connectivity index is 0. The summed E-state index contributed by atoms with van der Waals surface area (Å²) in [7, 11) is 0. The lowest BCUT2D eigenvalue weighted by Crippen LogP contribution is -3.00. The Morgan fingerprint density at radius 1 is 1.10 bits per heavy atom. The van der Waals surface area contributed by atoms with Gasteiger partial charge in [0.1, 0.15) is 0 Å². The van der Waals surface area contributed by atoms with Gasteiger partial charge in [-0.25, -0.2) is 4.98 Å². The van der Waals surface area contributed by atoms with E-state index >= 15 is 0 Å². The minimum atomic E-state index is 0. The Labute approximate surface area is 148 Å². The summed E-state index contributed by atoms with van der Waals surface area (Å²) in [4.78, 5) is 6.64. The van der Waals surface area contributed by atoms with Crippen LogP contribution in [-0.4, -0.2) is 36.1 Å². The molecule has 0 aliphatic heterocycles. The summed E-state index contributed by atoms with van der Waals surface area (Å²) in [5, 5.41) is 0. The number of aromatic nitrogens is 1. The molecule has 0 saturated carbocycles. The van der Waals surface area contributed by atoms with Crippen LogP contribution in [-0.2, 0) is 0 Å². The van der Waals surface area contributed by atoms with Crippen molar-refractivity contribution in [2.75, 3.05) is 26.2 Å². The zero-order valence-electron chi connectivity index (χ0n) is 14.4. The standard InChI is InChI=1S/C15H26N2O.C2H6.HI/c1-4-17(5-2)11-7-6-8-12-18-15-13-14(3)9-10-16-15;1-2;/h9-10,13H,4-8,11-12H2,1-3H3;1-2H3;1H/p-1. The largest absolute Gasteiger partial charge is 1.00 e. The lowest BCUT2D eigenvalue weighted by Gasteiger charge is -2.17. The molecule has 0 aliphatic carbocycles. The molecule has 0 N–H and O–H groups in total. The molecule has 1 aromatic heterocycles. The first kappa shape index (κ1) is 22.9. The predicted molar refractivity (Wildman–Crippen MR) is 87.5 cm³/mol. The summed E-state index contributed by atoms with van der Waals surface area (Å²) in [6.45, 7) is 14.8. The third-order valence-corrected chi connectivity index (χ3v) is 3.15. The molecule has 4 heteroatoms. The van der Waals surface area contributed by atoms with Crippen LogP contribution in [0.25, 0.3) is 0 Å². The Morgan fingerprint density at radius 2 is 1.76 bits per heavy atom. The molecule has 1 heterocycles. The van der Waals surface area contributed by atoms with Crippen molar-refractivity contribution in [1.29, 1.82) is 0 Å². The number of unbranched alkanes of at least 4 members (excludes halogenated alkanes) is 2. The normalized spacial score (nSPS) is 9.62. The van der Waals surface area contributed by atoms with Gasteiger partial charge >= 0.3 is 0 Å². The monoisotopic (exact) mass is 407 g/mol. The third-order valence-electron chi connectivity index (χ3n) is 3.15. The summed E-state index contributed by atoms with van der Waals surface area (Å²) < 4.78 is 5.62. The Bertz CT molecular complexity index is 330. The van der Waals surface area contributed by atoms with Gasteiger partial charge in [-0.05, 0) is 57.5 Å². The summed E-state index contributed by atoms with van der Waals surface area (Å²) in [5.74, 6) is 0.749. The highest BCUT2D eigenvalue weighted by Crippen LogP contribution is 2.09. The van der Waals surface area contributed by atoms with Gasteiger partial charge in [0, 0.05) is 12.3 Å². The highest BCUT2D eigenvalue weighted by Gasteiger charge is 1.99. The number of ether oxygens (including phenoxy) is 1. The van der Waals surface area contributed by atoms with Crippen LogP contribution >= 0.6 is 0 Å². The Kier molecular flexibility index (Phi) is 17.5. The molecule has 0 aromatic carbocycles. The number of nitrogens with zero attached hydrogens (tertiary/aromatic N) is 2. The van der Waals surface area contributed by atoms with Gasteiger partial charge in [0.05, 0.1) is 6.61 Å². The minimum absolute atomic E-state index is 0. The number of pyridine rings is 1. The average molecular weight is 407 g/mol. The maximum absolute atomic E-state index is 5.62. The molecule has 0 amide bonds. The molecule has 1 aromatic rings. The van der Waals surface area contributed by atoms with Crippen molar-refractivity contribution in [2.45, 2.75) is 53.9 Å². The molecule has 3 nitrogen and oxygen atoms in total. The molecule has 0 saturated heterocycles. The van der Waals surface area contributed by atoms with Gasteiger partial charge < -0.3 is 33.6 Å². The van der Waals surface area contributed by atoms with E-state index in [9.17, 15) is 0 Å². The van der Waals surface area contributed by atoms with Gasteiger partial charge in [-0.1, -0.05) is 27.7 Å². The van der Waals surface area contributed by atoms with E-state index < -0.39 is 0 Å². The number of rotatable bonds is 9. The van der Waals surface area contributed by atoms with E-state index in [1.165, 1.54) is 24.9 Å². The molecular weight excluding hydrogens is 375 g/mol. The van der Waals surface area contributed by atoms with Crippen LogP contribution in [0.1, 0.15) is 52.5 Å². The van der Waals surface area contributed by atoms with Crippen molar-refractivity contribution in [2.24, 2.45) is 0 Å². The fraction of sp³-hybridized carbons (Fsp3) is 0.706. The molecule has 0 spiro atoms. The SMILES string of the molecule is CC.CCN(CC)CCCCCOc1cc(C)ccn1.[I-]. The van der Waals surface area contributed by atoms with Crippen LogP contribution in [0.15, 0.2) is 18.3 Å². The summed E-state index contributed by atoms with van der Waals surface area (Å²) in [6, 6.07) is 3.97. The number of aryl methyl sites for hydroxylation is 1. The third kappa shape index (κ3) is 11.9. The van der Waals surface area contributed by atoms with Gasteiger partial charge in [-0.15, -0.1) is 0 Å². The second-order valence-corrected chi connectivity index (χ2v) is 4.61. The molecule has 21 heavy (non-hydrogen) atoms. The molecule has 0 aliphatic rings. The zero-order valence-corrected chi connectivity index (χ0v) is 16.5. The van der Waals surface area contributed by atoms with E-state index in [2.05, 4.69) is 30.7 Å². The van der Waals surface area contributed by atoms with E-state index in [-0.39, 0.29) is 24.0 Å². The molecule has 0 radical (unpaired) electrons. The van der Waals surface area contributed by atoms with Crippen molar-refractivity contribution < 1.29 is 28.7 Å². The van der Waals surface area contributed by atoms with E-state index in [1.54, 1.807) is 6.20 Å². The topological polar surface area (TPSA) is 25.4 Å². The minimum Gasteiger partial charge on any atom is -1.00 e. The molecule has 0 fully saturated rings. The Hall–Kier alpha value is -0.360. The van der Waals surface area contributed by atoms with Gasteiger partial charge in [-0.2, -0.15) is 0 Å². The molecule has 0 atom stereocenters. The maximum Gasteiger partial charge on any atom is 0.213 e. The lowest BCUT2D eigenvalue weighted by molar-refractivity contribution is -0.00000526. The summed E-state index contributed by atoms with van der Waals surface area (Å²) >= 11 is 0. The van der Waals surface area contributed by atoms with Crippen LogP contribution < -0.4 is 28.7 Å². The van der Waals surface area contributed by atoms with Crippen LogP contribution in [0.4, 0.5) is 0 Å². The van der Waals surface area contributed by atoms with E-state index in [1.807, 2.05) is 26.0 Å². The van der Waals surface area contributed by atoms with Crippen molar-refractivity contribution in [3.63, 3.8) is 0 Å². The highest BCUT2D eigenvalue weighted by molar-refractivity contribution is 5.18. The molecule has 1 rings (SSSR count). The number of hydrogen-bond donors (Lipinski definition) is 0. The van der Waals surface area contributed by atoms with Gasteiger partial charge in [0.2, 0.25) is 5.88 Å². The summed E-state index contributed by atoms with van der Waals surface area (Å²) in [6.07, 6.45) is 5.39. The molecule has 0 bridgehead atoms. The molecule has 124 valence electrons. The quantitative estimate of drug-likeness (QED) is 0.456. The van der Waals surface area contributed by atoms with Gasteiger partial charge in [0.25, 0.3) is 0 Å². The average Bonchev–Trinajstić information content (AvgIpc) is 2.49. The highest BCUT2D eigenvalue weighted by atomic mass is 127. The van der Waals surface area contributed by atoms with Crippen molar-refractivity contribution in [3.8, 4) is 5.88 Å². The fourth-order valence-corrected chi connectivity index (χ4v) is 1.92. The predicted octanol–water partition coefficient (Wildman–Crippen LogP) is 1.31. The van der Waals surface area contributed by atoms with E-state index in [0.717, 1.165) is 32.0 Å². The summed E-state index contributed by atoms with van der Waals surface area (Å²) in [5.41, 5.74) is 1.20. The second kappa shape index (κ2) is 16.0. The molecular formula is C17H32IN2O-. The maximum atomic E-state index is 5.62. The van der Waals surface area contributed by atoms with Crippen LogP contribution in [0.3, 0.4) is 0 Å². The number of hydrogen-bond acceptors (Lipinski definition) is 3. The van der Waals surface area contributed by atoms with Crippen molar-refractivity contribution in [3.05, 3.63) is 23.9 Å². The smallest absolute Gasteiger partial charge is 0.213 e. The van der Waals surface area contributed by atoms with E-state index in [4.69, 9.17) is 4.74 Å².